The maximum Gasteiger partial charge on any atom is 0.251 e. The van der Waals surface area contributed by atoms with Crippen LogP contribution in [-0.2, 0) is 13.0 Å². The summed E-state index contributed by atoms with van der Waals surface area (Å²) < 4.78 is 24.5. The molecule has 7 heteroatoms. The second kappa shape index (κ2) is 10.5. The van der Waals surface area contributed by atoms with Gasteiger partial charge in [-0.2, -0.15) is 0 Å². The van der Waals surface area contributed by atoms with Crippen molar-refractivity contribution in [3.63, 3.8) is 0 Å². The molecule has 1 N–H and O–H groups in total. The minimum Gasteiger partial charge on any atom is -0.493 e. The lowest BCUT2D eigenvalue weighted by Crippen LogP contribution is -2.47. The molecule has 2 atom stereocenters. The number of rotatable bonds is 7. The van der Waals surface area contributed by atoms with E-state index in [1.807, 2.05) is 19.1 Å². The lowest BCUT2D eigenvalue weighted by molar-refractivity contribution is 0.0877. The van der Waals surface area contributed by atoms with Gasteiger partial charge < -0.3 is 14.8 Å². The Bertz CT molecular complexity index is 1170. The fourth-order valence-corrected chi connectivity index (χ4v) is 4.80. The smallest absolute Gasteiger partial charge is 0.251 e. The van der Waals surface area contributed by atoms with Crippen molar-refractivity contribution in [3.8, 4) is 11.5 Å². The molecule has 0 fully saturated rings. The van der Waals surface area contributed by atoms with Gasteiger partial charge in [-0.25, -0.2) is 4.39 Å². The first-order valence-electron chi connectivity index (χ1n) is 11.2. The predicted octanol–water partition coefficient (Wildman–Crippen LogP) is 5.41. The van der Waals surface area contributed by atoms with Crippen molar-refractivity contribution in [2.45, 2.75) is 32.0 Å². The summed E-state index contributed by atoms with van der Waals surface area (Å²) in [6, 6.07) is 17.1. The highest BCUT2D eigenvalue weighted by Gasteiger charge is 2.34. The summed E-state index contributed by atoms with van der Waals surface area (Å²) in [7, 11) is 3.24. The molecule has 0 saturated carbocycles. The number of nitrogens with one attached hydrogen (secondary N) is 1. The third-order valence-electron chi connectivity index (χ3n) is 6.24. The summed E-state index contributed by atoms with van der Waals surface area (Å²) in [6.45, 7) is 3.40. The molecule has 0 unspecified atom stereocenters. The van der Waals surface area contributed by atoms with Gasteiger partial charge in [0.25, 0.3) is 5.91 Å². The normalized spacial score (nSPS) is 16.4. The van der Waals surface area contributed by atoms with Gasteiger partial charge in [-0.3, -0.25) is 9.69 Å². The van der Waals surface area contributed by atoms with Gasteiger partial charge in [-0.15, -0.1) is 0 Å². The van der Waals surface area contributed by atoms with E-state index in [1.54, 1.807) is 50.6 Å². The Labute approximate surface area is 204 Å². The number of hydrogen-bond donors (Lipinski definition) is 1. The van der Waals surface area contributed by atoms with Crippen LogP contribution >= 0.6 is 11.6 Å². The molecule has 0 bridgehead atoms. The largest absolute Gasteiger partial charge is 0.493 e. The van der Waals surface area contributed by atoms with Crippen molar-refractivity contribution in [3.05, 3.63) is 93.8 Å². The van der Waals surface area contributed by atoms with Crippen LogP contribution in [0.15, 0.2) is 60.7 Å². The molecule has 3 aromatic rings. The van der Waals surface area contributed by atoms with Gasteiger partial charge >= 0.3 is 0 Å². The first kappa shape index (κ1) is 24.0. The Balaban J connectivity index is 1.68. The highest BCUT2D eigenvalue weighted by Crippen LogP contribution is 2.40. The molecule has 0 spiro atoms. The lowest BCUT2D eigenvalue weighted by Gasteiger charge is -2.41. The van der Waals surface area contributed by atoms with E-state index in [-0.39, 0.29) is 23.8 Å². The van der Waals surface area contributed by atoms with Crippen molar-refractivity contribution in [1.29, 1.82) is 0 Å². The Morgan fingerprint density at radius 2 is 1.82 bits per heavy atom. The molecule has 34 heavy (non-hydrogen) atoms. The van der Waals surface area contributed by atoms with Crippen LogP contribution in [0, 0.1) is 5.82 Å². The Kier molecular flexibility index (Phi) is 7.39. The van der Waals surface area contributed by atoms with E-state index >= 15 is 0 Å². The number of methoxy groups -OCH3 is 2. The Hall–Kier alpha value is -3.09. The van der Waals surface area contributed by atoms with Crippen LogP contribution in [0.4, 0.5) is 4.39 Å². The number of nitrogens with zero attached hydrogens (tertiary/aromatic N) is 1. The summed E-state index contributed by atoms with van der Waals surface area (Å²) in [6.07, 6.45) is 0.822. The number of halogens is 2. The van der Waals surface area contributed by atoms with E-state index in [1.165, 1.54) is 12.1 Å². The number of hydrogen-bond acceptors (Lipinski definition) is 4. The third kappa shape index (κ3) is 5.18. The van der Waals surface area contributed by atoms with E-state index in [4.69, 9.17) is 21.1 Å². The van der Waals surface area contributed by atoms with Gasteiger partial charge in [0.1, 0.15) is 5.82 Å². The van der Waals surface area contributed by atoms with Gasteiger partial charge in [0.05, 0.1) is 20.3 Å². The summed E-state index contributed by atoms with van der Waals surface area (Å²) in [5, 5.41) is 3.67. The molecule has 0 saturated heterocycles. The van der Waals surface area contributed by atoms with Gasteiger partial charge in [0.15, 0.2) is 11.5 Å². The highest BCUT2D eigenvalue weighted by atomic mass is 35.5. The summed E-state index contributed by atoms with van der Waals surface area (Å²) in [5.74, 6) is 0.874. The number of carbonyl (C=O) groups is 1. The molecule has 1 aliphatic heterocycles. The zero-order valence-corrected chi connectivity index (χ0v) is 20.2. The number of ether oxygens (including phenoxy) is 2. The van der Waals surface area contributed by atoms with Crippen LogP contribution in [0.3, 0.4) is 0 Å². The van der Waals surface area contributed by atoms with Crippen molar-refractivity contribution in [2.75, 3.05) is 20.8 Å². The number of carbonyl (C=O) groups excluding carboxylic acids is 1. The SMILES string of the molecule is COc1cc2c(cc1OC)[C@H]([C@H](C)NC(=O)c1cccc(Cl)c1)N(Cc1ccc(F)cc1)CC2. The maximum absolute atomic E-state index is 13.5. The van der Waals surface area contributed by atoms with Crippen LogP contribution in [0.5, 0.6) is 11.5 Å². The number of amides is 1. The average Bonchev–Trinajstić information content (AvgIpc) is 2.84. The molecule has 178 valence electrons. The molecule has 0 radical (unpaired) electrons. The zero-order valence-electron chi connectivity index (χ0n) is 19.5. The first-order valence-corrected chi connectivity index (χ1v) is 11.6. The van der Waals surface area contributed by atoms with Crippen molar-refractivity contribution in [2.24, 2.45) is 0 Å². The van der Waals surface area contributed by atoms with Gasteiger partial charge in [-0.1, -0.05) is 29.8 Å². The molecular formula is C27H28ClFN2O3. The molecule has 1 aliphatic rings. The van der Waals surface area contributed by atoms with E-state index < -0.39 is 0 Å². The van der Waals surface area contributed by atoms with Crippen LogP contribution in [0.1, 0.15) is 40.0 Å². The molecule has 0 aliphatic carbocycles. The Morgan fingerprint density at radius 3 is 2.50 bits per heavy atom. The molecule has 4 rings (SSSR count). The van der Waals surface area contributed by atoms with E-state index in [0.717, 1.165) is 29.7 Å². The summed E-state index contributed by atoms with van der Waals surface area (Å²) in [5.41, 5.74) is 3.74. The monoisotopic (exact) mass is 482 g/mol. The second-order valence-corrected chi connectivity index (χ2v) is 8.91. The van der Waals surface area contributed by atoms with Gasteiger partial charge in [0, 0.05) is 29.7 Å². The van der Waals surface area contributed by atoms with Crippen molar-refractivity contribution < 1.29 is 18.7 Å². The highest BCUT2D eigenvalue weighted by molar-refractivity contribution is 6.30. The van der Waals surface area contributed by atoms with Crippen LogP contribution < -0.4 is 14.8 Å². The van der Waals surface area contributed by atoms with Crippen LogP contribution in [0.25, 0.3) is 0 Å². The van der Waals surface area contributed by atoms with Crippen molar-refractivity contribution >= 4 is 17.5 Å². The fourth-order valence-electron chi connectivity index (χ4n) is 4.61. The maximum atomic E-state index is 13.5. The number of fused-ring (bicyclic) bond motifs is 1. The zero-order chi connectivity index (χ0) is 24.2. The van der Waals surface area contributed by atoms with Gasteiger partial charge in [-0.05, 0) is 72.5 Å². The van der Waals surface area contributed by atoms with Crippen LogP contribution in [-0.4, -0.2) is 37.6 Å². The second-order valence-electron chi connectivity index (χ2n) is 8.47. The summed E-state index contributed by atoms with van der Waals surface area (Å²) in [4.78, 5) is 15.3. The van der Waals surface area contributed by atoms with E-state index in [2.05, 4.69) is 10.2 Å². The molecule has 1 amide bonds. The molecule has 0 aromatic heterocycles. The molecule has 1 heterocycles. The standard InChI is InChI=1S/C27H28ClFN2O3/c1-17(30-27(32)20-5-4-6-21(28)13-20)26-23-15-25(34-3)24(33-2)14-19(23)11-12-31(26)16-18-7-9-22(29)10-8-18/h4-10,13-15,17,26H,11-12,16H2,1-3H3,(H,30,32)/t17-,26-/m0/s1. The first-order chi connectivity index (χ1) is 16.4. The minimum absolute atomic E-state index is 0.128. The number of benzene rings is 3. The topological polar surface area (TPSA) is 50.8 Å². The summed E-state index contributed by atoms with van der Waals surface area (Å²) >= 11 is 6.09. The third-order valence-corrected chi connectivity index (χ3v) is 6.48. The van der Waals surface area contributed by atoms with Gasteiger partial charge in [0.2, 0.25) is 0 Å². The molecular weight excluding hydrogens is 455 g/mol. The molecule has 3 aromatic carbocycles. The van der Waals surface area contributed by atoms with E-state index in [0.29, 0.717) is 28.6 Å². The average molecular weight is 483 g/mol. The Morgan fingerprint density at radius 1 is 1.12 bits per heavy atom. The van der Waals surface area contributed by atoms with Crippen molar-refractivity contribution in [1.82, 2.24) is 10.2 Å². The lowest BCUT2D eigenvalue weighted by atomic mass is 9.87. The van der Waals surface area contributed by atoms with Crippen LogP contribution in [0.2, 0.25) is 5.02 Å². The fraction of sp³-hybridized carbons (Fsp3) is 0.296. The predicted molar refractivity (Wildman–Crippen MR) is 131 cm³/mol. The van der Waals surface area contributed by atoms with E-state index in [9.17, 15) is 9.18 Å². The minimum atomic E-state index is -0.261. The quantitative estimate of drug-likeness (QED) is 0.489. The molecule has 5 nitrogen and oxygen atoms in total.